The number of aliphatic imine (C=N–C) groups is 1. The molecule has 2 unspecified atom stereocenters. The monoisotopic (exact) mass is 532 g/mol. The van der Waals surface area contributed by atoms with Crippen LogP contribution >= 0.6 is 35.7 Å². The van der Waals surface area contributed by atoms with Gasteiger partial charge in [0.05, 0.1) is 13.2 Å². The number of thioether (sulfide) groups is 1. The predicted octanol–water partition coefficient (Wildman–Crippen LogP) is 3.84. The molecule has 2 fully saturated rings. The van der Waals surface area contributed by atoms with Gasteiger partial charge in [-0.05, 0) is 44.2 Å². The first-order valence-corrected chi connectivity index (χ1v) is 11.7. The zero-order chi connectivity index (χ0) is 19.6. The first-order chi connectivity index (χ1) is 13.7. The second-order valence-electron chi connectivity index (χ2n) is 7.91. The third-order valence-corrected chi connectivity index (χ3v) is 6.50. The number of rotatable bonds is 8. The van der Waals surface area contributed by atoms with Crippen molar-refractivity contribution >= 4 is 41.7 Å². The van der Waals surface area contributed by atoms with Crippen molar-refractivity contribution in [2.75, 3.05) is 45.9 Å². The zero-order valence-electron chi connectivity index (χ0n) is 17.8. The van der Waals surface area contributed by atoms with Gasteiger partial charge in [-0.25, -0.2) is 0 Å². The Morgan fingerprint density at radius 1 is 1.24 bits per heavy atom. The molecule has 2 aliphatic heterocycles. The van der Waals surface area contributed by atoms with E-state index in [9.17, 15) is 0 Å². The molecule has 2 saturated heterocycles. The lowest BCUT2D eigenvalue weighted by atomic mass is 10.0. The maximum atomic E-state index is 5.52. The maximum Gasteiger partial charge on any atom is 0.191 e. The van der Waals surface area contributed by atoms with E-state index in [1.807, 2.05) is 11.8 Å². The van der Waals surface area contributed by atoms with E-state index in [0.29, 0.717) is 11.3 Å². The lowest BCUT2D eigenvalue weighted by Gasteiger charge is -2.34. The van der Waals surface area contributed by atoms with Crippen LogP contribution in [0.15, 0.2) is 40.2 Å². The Balaban J connectivity index is 0.00000300. The second-order valence-corrected chi connectivity index (χ2v) is 9.42. The van der Waals surface area contributed by atoms with E-state index in [4.69, 9.17) is 9.73 Å². The Hall–Kier alpha value is -0.510. The van der Waals surface area contributed by atoms with Crippen LogP contribution in [-0.4, -0.2) is 68.1 Å². The average Bonchev–Trinajstić information content (AvgIpc) is 3.22. The minimum absolute atomic E-state index is 0. The van der Waals surface area contributed by atoms with Crippen molar-refractivity contribution in [3.8, 4) is 0 Å². The molecule has 1 aromatic rings. The topological polar surface area (TPSA) is 48.9 Å². The molecular weight excluding hydrogens is 495 g/mol. The fraction of sp³-hybridized carbons (Fsp3) is 0.682. The molecular formula is C22H37IN4OS. The number of nitrogens with zero attached hydrogens (tertiary/aromatic N) is 2. The van der Waals surface area contributed by atoms with Gasteiger partial charge in [0.2, 0.25) is 0 Å². The molecule has 2 N–H and O–H groups in total. The zero-order valence-corrected chi connectivity index (χ0v) is 21.0. The molecule has 7 heteroatoms. The molecule has 1 aromatic carbocycles. The molecule has 2 heterocycles. The lowest BCUT2D eigenvalue weighted by Crippen LogP contribution is -2.49. The number of hydrogen-bond donors (Lipinski definition) is 2. The summed E-state index contributed by atoms with van der Waals surface area (Å²) in [4.78, 5) is 8.77. The number of halogens is 1. The van der Waals surface area contributed by atoms with Crippen molar-refractivity contribution < 1.29 is 4.74 Å². The van der Waals surface area contributed by atoms with E-state index in [-0.39, 0.29) is 24.0 Å². The lowest BCUT2D eigenvalue weighted by molar-refractivity contribution is 0.150. The van der Waals surface area contributed by atoms with Gasteiger partial charge in [-0.3, -0.25) is 4.99 Å². The Bertz CT molecular complexity index is 590. The van der Waals surface area contributed by atoms with Crippen LogP contribution < -0.4 is 10.6 Å². The normalized spacial score (nSPS) is 22.1. The molecule has 2 atom stereocenters. The highest BCUT2D eigenvalue weighted by Crippen LogP contribution is 2.22. The fourth-order valence-corrected chi connectivity index (χ4v) is 4.78. The summed E-state index contributed by atoms with van der Waals surface area (Å²) in [5.74, 6) is 1.71. The maximum absolute atomic E-state index is 5.52. The summed E-state index contributed by atoms with van der Waals surface area (Å²) in [6.07, 6.45) is 3.60. The van der Waals surface area contributed by atoms with Crippen LogP contribution in [0.2, 0.25) is 0 Å². The summed E-state index contributed by atoms with van der Waals surface area (Å²) in [5.41, 5.74) is 0. The van der Waals surface area contributed by atoms with Crippen molar-refractivity contribution in [3.05, 3.63) is 30.3 Å². The summed E-state index contributed by atoms with van der Waals surface area (Å²) >= 11 is 1.89. The van der Waals surface area contributed by atoms with E-state index in [1.54, 1.807) is 0 Å². The SMILES string of the molecule is CCNC(=NCC(C)Sc1ccccc1)NC1CCN(CC2CCOC2)CC1.I. The minimum Gasteiger partial charge on any atom is -0.381 e. The highest BCUT2D eigenvalue weighted by atomic mass is 127. The van der Waals surface area contributed by atoms with Gasteiger partial charge in [-0.1, -0.05) is 25.1 Å². The van der Waals surface area contributed by atoms with Gasteiger partial charge in [-0.15, -0.1) is 35.7 Å². The molecule has 29 heavy (non-hydrogen) atoms. The summed E-state index contributed by atoms with van der Waals surface area (Å²) < 4.78 is 5.52. The van der Waals surface area contributed by atoms with Gasteiger partial charge in [0.25, 0.3) is 0 Å². The molecule has 164 valence electrons. The summed E-state index contributed by atoms with van der Waals surface area (Å²) in [5, 5.41) is 7.54. The Morgan fingerprint density at radius 3 is 2.66 bits per heavy atom. The largest absolute Gasteiger partial charge is 0.381 e. The van der Waals surface area contributed by atoms with E-state index < -0.39 is 0 Å². The molecule has 0 aromatic heterocycles. The van der Waals surface area contributed by atoms with Crippen LogP contribution in [0.3, 0.4) is 0 Å². The van der Waals surface area contributed by atoms with Gasteiger partial charge in [0, 0.05) is 49.0 Å². The Morgan fingerprint density at radius 2 is 2.00 bits per heavy atom. The molecule has 0 amide bonds. The third-order valence-electron chi connectivity index (χ3n) is 5.40. The highest BCUT2D eigenvalue weighted by Gasteiger charge is 2.24. The summed E-state index contributed by atoms with van der Waals surface area (Å²) in [7, 11) is 0. The number of benzene rings is 1. The second kappa shape index (κ2) is 13.7. The fourth-order valence-electron chi connectivity index (χ4n) is 3.85. The van der Waals surface area contributed by atoms with Crippen molar-refractivity contribution in [1.29, 1.82) is 0 Å². The number of hydrogen-bond acceptors (Lipinski definition) is 4. The third kappa shape index (κ3) is 9.02. The van der Waals surface area contributed by atoms with Crippen molar-refractivity contribution in [2.24, 2.45) is 10.9 Å². The molecule has 0 spiro atoms. The van der Waals surface area contributed by atoms with Gasteiger partial charge < -0.3 is 20.3 Å². The Kier molecular flexibility index (Phi) is 11.7. The molecule has 0 aliphatic carbocycles. The van der Waals surface area contributed by atoms with Crippen LogP contribution in [-0.2, 0) is 4.74 Å². The van der Waals surface area contributed by atoms with E-state index in [0.717, 1.165) is 38.2 Å². The van der Waals surface area contributed by atoms with Crippen LogP contribution in [0, 0.1) is 5.92 Å². The first-order valence-electron chi connectivity index (χ1n) is 10.8. The smallest absolute Gasteiger partial charge is 0.191 e. The van der Waals surface area contributed by atoms with Gasteiger partial charge in [0.1, 0.15) is 0 Å². The number of guanidine groups is 1. The van der Waals surface area contributed by atoms with Crippen molar-refractivity contribution in [3.63, 3.8) is 0 Å². The number of piperidine rings is 1. The highest BCUT2D eigenvalue weighted by molar-refractivity contribution is 14.0. The summed E-state index contributed by atoms with van der Waals surface area (Å²) in [6.45, 7) is 11.5. The molecule has 0 saturated carbocycles. The number of ether oxygens (including phenoxy) is 1. The Labute approximate surface area is 197 Å². The van der Waals surface area contributed by atoms with Crippen LogP contribution in [0.1, 0.15) is 33.1 Å². The predicted molar refractivity (Wildman–Crippen MR) is 135 cm³/mol. The van der Waals surface area contributed by atoms with Gasteiger partial charge >= 0.3 is 0 Å². The van der Waals surface area contributed by atoms with Crippen molar-refractivity contribution in [2.45, 2.75) is 49.3 Å². The molecule has 0 bridgehead atoms. The molecule has 2 aliphatic rings. The molecule has 0 radical (unpaired) electrons. The molecule has 3 rings (SSSR count). The number of nitrogens with one attached hydrogen (secondary N) is 2. The number of likely N-dealkylation sites (tertiary alicyclic amines) is 1. The van der Waals surface area contributed by atoms with Gasteiger partial charge in [0.15, 0.2) is 5.96 Å². The van der Waals surface area contributed by atoms with Crippen LogP contribution in [0.4, 0.5) is 0 Å². The van der Waals surface area contributed by atoms with E-state index in [2.05, 4.69) is 59.7 Å². The van der Waals surface area contributed by atoms with Gasteiger partial charge in [-0.2, -0.15) is 0 Å². The standard InChI is InChI=1S/C22H36N4OS.HI/c1-3-23-22(24-15-18(2)28-21-7-5-4-6-8-21)25-20-9-12-26(13-10-20)16-19-11-14-27-17-19;/h4-8,18-20H,3,9-17H2,1-2H3,(H2,23,24,25);1H. The average molecular weight is 533 g/mol. The molecule has 5 nitrogen and oxygen atoms in total. The van der Waals surface area contributed by atoms with Crippen LogP contribution in [0.25, 0.3) is 0 Å². The van der Waals surface area contributed by atoms with Crippen LogP contribution in [0.5, 0.6) is 0 Å². The van der Waals surface area contributed by atoms with E-state index >= 15 is 0 Å². The first kappa shape index (κ1) is 24.8. The van der Waals surface area contributed by atoms with Crippen molar-refractivity contribution in [1.82, 2.24) is 15.5 Å². The minimum atomic E-state index is 0. The summed E-state index contributed by atoms with van der Waals surface area (Å²) in [6, 6.07) is 11.1. The van der Waals surface area contributed by atoms with E-state index in [1.165, 1.54) is 43.8 Å². The quantitative estimate of drug-likeness (QED) is 0.231.